The van der Waals surface area contributed by atoms with Gasteiger partial charge in [-0.25, -0.2) is 4.79 Å². The summed E-state index contributed by atoms with van der Waals surface area (Å²) in [6.45, 7) is 3.21. The van der Waals surface area contributed by atoms with E-state index in [9.17, 15) is 14.4 Å². The zero-order chi connectivity index (χ0) is 23.6. The zero-order valence-corrected chi connectivity index (χ0v) is 19.1. The molecule has 3 aromatic rings. The Morgan fingerprint density at radius 2 is 1.24 bits per heavy atom. The summed E-state index contributed by atoms with van der Waals surface area (Å²) in [5, 5.41) is 0.562. The van der Waals surface area contributed by atoms with Crippen LogP contribution < -0.4 is 9.47 Å². The summed E-state index contributed by atoms with van der Waals surface area (Å²) in [5.74, 6) is 0.321. The number of carbonyl (C=O) groups excluding carboxylic acids is 3. The van der Waals surface area contributed by atoms with Crippen molar-refractivity contribution in [1.82, 2.24) is 0 Å². The van der Waals surface area contributed by atoms with Crippen LogP contribution in [0.5, 0.6) is 11.5 Å². The van der Waals surface area contributed by atoms with E-state index in [-0.39, 0.29) is 17.5 Å². The average molecular weight is 463 g/mol. The summed E-state index contributed by atoms with van der Waals surface area (Å²) in [4.78, 5) is 37.4. The molecule has 0 amide bonds. The molecule has 0 spiro atoms. The second-order valence-corrected chi connectivity index (χ2v) is 8.96. The first kappa shape index (κ1) is 22.7. The third-order valence-corrected chi connectivity index (χ3v) is 5.64. The lowest BCUT2D eigenvalue weighted by atomic mass is 10.0. The molecule has 0 atom stereocenters. The van der Waals surface area contributed by atoms with Crippen molar-refractivity contribution in [2.24, 2.45) is 5.92 Å². The highest BCUT2D eigenvalue weighted by atomic mass is 35.5. The molecule has 3 aromatic carbocycles. The molecule has 0 unspecified atom stereocenters. The molecule has 168 valence electrons. The summed E-state index contributed by atoms with van der Waals surface area (Å²) in [5.41, 5.74) is 0.373. The lowest BCUT2D eigenvalue weighted by Gasteiger charge is -2.24. The van der Waals surface area contributed by atoms with Crippen molar-refractivity contribution in [2.45, 2.75) is 32.3 Å². The van der Waals surface area contributed by atoms with Gasteiger partial charge in [0.15, 0.2) is 11.6 Å². The van der Waals surface area contributed by atoms with E-state index in [1.165, 1.54) is 0 Å². The maximum absolute atomic E-state index is 12.7. The minimum Gasteiger partial charge on any atom is -0.476 e. The predicted octanol–water partition coefficient (Wildman–Crippen LogP) is 5.93. The number of hydrogen-bond donors (Lipinski definition) is 0. The molecule has 1 aliphatic carbocycles. The Balaban J connectivity index is 1.38. The van der Waals surface area contributed by atoms with Crippen molar-refractivity contribution in [3.63, 3.8) is 0 Å². The second kappa shape index (κ2) is 9.20. The molecule has 0 saturated heterocycles. The normalized spacial score (nSPS) is 13.3. The van der Waals surface area contributed by atoms with Crippen molar-refractivity contribution < 1.29 is 23.9 Å². The minimum absolute atomic E-state index is 0.134. The molecular formula is C27H23ClO5. The molecule has 0 bridgehead atoms. The van der Waals surface area contributed by atoms with Gasteiger partial charge in [0.05, 0.1) is 0 Å². The van der Waals surface area contributed by atoms with Crippen molar-refractivity contribution in [1.29, 1.82) is 0 Å². The highest BCUT2D eigenvalue weighted by molar-refractivity contribution is 6.30. The number of Topliss-reactive ketones (excluding diaryl/α,β-unsaturated/α-hetero) is 1. The summed E-state index contributed by atoms with van der Waals surface area (Å²) in [6, 6.07) is 19.8. The second-order valence-electron chi connectivity index (χ2n) is 8.53. The van der Waals surface area contributed by atoms with E-state index in [1.54, 1.807) is 86.6 Å². The smallest absolute Gasteiger partial charge is 0.355 e. The third kappa shape index (κ3) is 5.49. The Labute approximate surface area is 197 Å². The molecule has 5 nitrogen and oxygen atoms in total. The number of benzene rings is 3. The summed E-state index contributed by atoms with van der Waals surface area (Å²) < 4.78 is 11.3. The Morgan fingerprint density at radius 3 is 1.79 bits per heavy atom. The number of carbonyl (C=O) groups is 3. The van der Waals surface area contributed by atoms with Crippen LogP contribution in [-0.2, 0) is 4.79 Å². The highest BCUT2D eigenvalue weighted by Crippen LogP contribution is 2.33. The van der Waals surface area contributed by atoms with Gasteiger partial charge in [0.2, 0.25) is 5.60 Å². The molecule has 0 heterocycles. The highest BCUT2D eigenvalue weighted by Gasteiger charge is 2.33. The van der Waals surface area contributed by atoms with Crippen molar-refractivity contribution in [3.05, 3.63) is 94.5 Å². The number of halogens is 1. The van der Waals surface area contributed by atoms with E-state index < -0.39 is 11.6 Å². The number of ketones is 2. The first-order valence-electron chi connectivity index (χ1n) is 10.7. The maximum atomic E-state index is 12.7. The summed E-state index contributed by atoms with van der Waals surface area (Å²) in [7, 11) is 0. The number of rotatable bonds is 8. The van der Waals surface area contributed by atoms with Gasteiger partial charge in [0, 0.05) is 27.6 Å². The van der Waals surface area contributed by atoms with Gasteiger partial charge in [-0.2, -0.15) is 0 Å². The fourth-order valence-electron chi connectivity index (χ4n) is 3.28. The molecule has 1 aliphatic rings. The van der Waals surface area contributed by atoms with Crippen LogP contribution in [0.3, 0.4) is 0 Å². The molecule has 0 radical (unpaired) electrons. The molecule has 1 fully saturated rings. The molecule has 0 N–H and O–H groups in total. The molecule has 33 heavy (non-hydrogen) atoms. The fourth-order valence-corrected chi connectivity index (χ4v) is 3.40. The first-order valence-corrected chi connectivity index (χ1v) is 11.1. The van der Waals surface area contributed by atoms with Crippen LogP contribution in [0.25, 0.3) is 0 Å². The van der Waals surface area contributed by atoms with Crippen molar-refractivity contribution >= 4 is 29.1 Å². The van der Waals surface area contributed by atoms with E-state index in [1.807, 2.05) is 0 Å². The van der Waals surface area contributed by atoms with Crippen LogP contribution in [0.4, 0.5) is 0 Å². The Bertz CT molecular complexity index is 1170. The molecule has 0 aromatic heterocycles. The van der Waals surface area contributed by atoms with E-state index in [2.05, 4.69) is 0 Å². The van der Waals surface area contributed by atoms with Crippen LogP contribution in [0.1, 0.15) is 53.0 Å². The Kier molecular flexibility index (Phi) is 6.34. The maximum Gasteiger partial charge on any atom is 0.355 e. The van der Waals surface area contributed by atoms with Crippen LogP contribution in [-0.4, -0.2) is 23.1 Å². The standard InChI is InChI=1S/C27H23ClO5/c1-27(2,26(31)32-22-13-7-19(8-14-22)24(29)17-3-4-17)33-23-15-9-20(10-16-23)25(30)18-5-11-21(28)12-6-18/h5-17H,3-4H2,1-2H3. The van der Waals surface area contributed by atoms with Crippen LogP contribution in [0.2, 0.25) is 5.02 Å². The van der Waals surface area contributed by atoms with E-state index >= 15 is 0 Å². The van der Waals surface area contributed by atoms with E-state index in [4.69, 9.17) is 21.1 Å². The Morgan fingerprint density at radius 1 is 0.758 bits per heavy atom. The number of hydrogen-bond acceptors (Lipinski definition) is 5. The van der Waals surface area contributed by atoms with Crippen LogP contribution in [0.15, 0.2) is 72.8 Å². The van der Waals surface area contributed by atoms with Gasteiger partial charge in [0.25, 0.3) is 0 Å². The van der Waals surface area contributed by atoms with Gasteiger partial charge in [-0.15, -0.1) is 0 Å². The lowest BCUT2D eigenvalue weighted by molar-refractivity contribution is -0.149. The third-order valence-electron chi connectivity index (χ3n) is 5.39. The van der Waals surface area contributed by atoms with Gasteiger partial charge in [0.1, 0.15) is 11.5 Å². The summed E-state index contributed by atoms with van der Waals surface area (Å²) in [6.07, 6.45) is 1.88. The van der Waals surface area contributed by atoms with E-state index in [0.29, 0.717) is 33.2 Å². The van der Waals surface area contributed by atoms with Gasteiger partial charge in [-0.05, 0) is 99.5 Å². The molecular weight excluding hydrogens is 440 g/mol. The number of ether oxygens (including phenoxy) is 2. The largest absolute Gasteiger partial charge is 0.476 e. The van der Waals surface area contributed by atoms with E-state index in [0.717, 1.165) is 12.8 Å². The predicted molar refractivity (Wildman–Crippen MR) is 125 cm³/mol. The zero-order valence-electron chi connectivity index (χ0n) is 18.3. The monoisotopic (exact) mass is 462 g/mol. The van der Waals surface area contributed by atoms with Gasteiger partial charge in [-0.3, -0.25) is 9.59 Å². The molecule has 1 saturated carbocycles. The quantitative estimate of drug-likeness (QED) is 0.236. The SMILES string of the molecule is CC(C)(Oc1ccc(C(=O)c2ccc(Cl)cc2)cc1)C(=O)Oc1ccc(C(=O)C2CC2)cc1. The van der Waals surface area contributed by atoms with Gasteiger partial charge >= 0.3 is 5.97 Å². The van der Waals surface area contributed by atoms with Crippen LogP contribution in [0, 0.1) is 5.92 Å². The molecule has 4 rings (SSSR count). The number of esters is 1. The minimum atomic E-state index is -1.27. The summed E-state index contributed by atoms with van der Waals surface area (Å²) >= 11 is 5.87. The van der Waals surface area contributed by atoms with Crippen molar-refractivity contribution in [2.75, 3.05) is 0 Å². The fraction of sp³-hybridized carbons (Fsp3) is 0.222. The Hall–Kier alpha value is -3.44. The lowest BCUT2D eigenvalue weighted by Crippen LogP contribution is -2.41. The first-order chi connectivity index (χ1) is 15.7. The van der Waals surface area contributed by atoms with Gasteiger partial charge in [-0.1, -0.05) is 11.6 Å². The topological polar surface area (TPSA) is 69.7 Å². The van der Waals surface area contributed by atoms with Crippen LogP contribution >= 0.6 is 11.6 Å². The molecule has 0 aliphatic heterocycles. The average Bonchev–Trinajstić information content (AvgIpc) is 3.65. The molecule has 6 heteroatoms. The van der Waals surface area contributed by atoms with Gasteiger partial charge < -0.3 is 9.47 Å². The van der Waals surface area contributed by atoms with Crippen molar-refractivity contribution in [3.8, 4) is 11.5 Å².